The molecule has 0 saturated heterocycles. The molecule has 2 aromatic rings. The molecule has 0 aliphatic carbocycles. The monoisotopic (exact) mass is 272 g/mol. The van der Waals surface area contributed by atoms with Gasteiger partial charge in [-0.1, -0.05) is 47.9 Å². The molecular formula is C14H9ClN2O2. The molecule has 2 rings (SSSR count). The van der Waals surface area contributed by atoms with Crippen molar-refractivity contribution in [3.05, 3.63) is 47.2 Å². The molecule has 0 aliphatic heterocycles. The van der Waals surface area contributed by atoms with Gasteiger partial charge in [0.05, 0.1) is 11.2 Å². The maximum atomic E-state index is 11.7. The van der Waals surface area contributed by atoms with Gasteiger partial charge in [-0.3, -0.25) is 0 Å². The van der Waals surface area contributed by atoms with Crippen molar-refractivity contribution in [1.82, 2.24) is 9.97 Å². The number of hydrogen-bond donors (Lipinski definition) is 0. The van der Waals surface area contributed by atoms with Gasteiger partial charge in [-0.25, -0.2) is 14.8 Å². The number of nitrogens with zero attached hydrogens (tertiary/aromatic N) is 2. The van der Waals surface area contributed by atoms with Gasteiger partial charge in [-0.15, -0.1) is 0 Å². The Morgan fingerprint density at radius 3 is 2.74 bits per heavy atom. The van der Waals surface area contributed by atoms with Crippen LogP contribution in [0.15, 0.2) is 36.5 Å². The first-order valence-corrected chi connectivity index (χ1v) is 5.81. The van der Waals surface area contributed by atoms with E-state index < -0.39 is 5.97 Å². The second kappa shape index (κ2) is 5.98. The molecule has 0 amide bonds. The van der Waals surface area contributed by atoms with Crippen LogP contribution in [0.2, 0.25) is 5.02 Å². The molecule has 0 unspecified atom stereocenters. The topological polar surface area (TPSA) is 52.1 Å². The highest BCUT2D eigenvalue weighted by Gasteiger charge is 2.16. The number of hydrogen-bond acceptors (Lipinski definition) is 4. The summed E-state index contributed by atoms with van der Waals surface area (Å²) in [6, 6.07) is 9.27. The molecule has 0 bridgehead atoms. The van der Waals surface area contributed by atoms with Crippen molar-refractivity contribution in [1.29, 1.82) is 0 Å². The van der Waals surface area contributed by atoms with Gasteiger partial charge in [-0.2, -0.15) is 0 Å². The van der Waals surface area contributed by atoms with E-state index in [4.69, 9.17) is 11.6 Å². The lowest BCUT2D eigenvalue weighted by molar-refractivity contribution is 0.0684. The number of ether oxygens (including phenoxy) is 1. The number of rotatable bonds is 2. The standard InChI is InChI=1S/C14H9ClN2O2/c1-2-8-19-14(18)12-11(15)9-16-13(17-12)10-6-4-3-5-7-10/h3-7,9H,1H3. The normalized spacial score (nSPS) is 9.37. The van der Waals surface area contributed by atoms with Crippen LogP contribution in [-0.2, 0) is 4.74 Å². The lowest BCUT2D eigenvalue weighted by Crippen LogP contribution is -2.07. The SMILES string of the molecule is CC#COC(=O)c1nc(-c2ccccc2)ncc1Cl. The number of esters is 1. The van der Waals surface area contributed by atoms with Gasteiger partial charge in [0.2, 0.25) is 0 Å². The van der Waals surface area contributed by atoms with E-state index in [1.54, 1.807) is 6.92 Å². The van der Waals surface area contributed by atoms with Crippen molar-refractivity contribution in [2.75, 3.05) is 0 Å². The second-order valence-electron chi connectivity index (χ2n) is 3.50. The minimum atomic E-state index is -0.695. The van der Waals surface area contributed by atoms with Gasteiger partial charge in [-0.05, 0) is 0 Å². The quantitative estimate of drug-likeness (QED) is 0.623. The van der Waals surface area contributed by atoms with Crippen LogP contribution in [-0.4, -0.2) is 15.9 Å². The van der Waals surface area contributed by atoms with Crippen molar-refractivity contribution in [2.45, 2.75) is 6.92 Å². The van der Waals surface area contributed by atoms with E-state index in [2.05, 4.69) is 26.7 Å². The van der Waals surface area contributed by atoms with Crippen molar-refractivity contribution in [3.8, 4) is 23.4 Å². The van der Waals surface area contributed by atoms with Crippen LogP contribution in [0.1, 0.15) is 17.4 Å². The first-order valence-electron chi connectivity index (χ1n) is 5.43. The highest BCUT2D eigenvalue weighted by Crippen LogP contribution is 2.19. The van der Waals surface area contributed by atoms with Crippen LogP contribution < -0.4 is 0 Å². The van der Waals surface area contributed by atoms with Gasteiger partial charge in [0.1, 0.15) is 6.11 Å². The Kier molecular flexibility index (Phi) is 4.11. The van der Waals surface area contributed by atoms with Crippen LogP contribution in [0.25, 0.3) is 11.4 Å². The van der Waals surface area contributed by atoms with E-state index in [-0.39, 0.29) is 10.7 Å². The summed E-state index contributed by atoms with van der Waals surface area (Å²) < 4.78 is 4.67. The lowest BCUT2D eigenvalue weighted by atomic mass is 10.2. The highest BCUT2D eigenvalue weighted by molar-refractivity contribution is 6.33. The fourth-order valence-electron chi connectivity index (χ4n) is 1.38. The summed E-state index contributed by atoms with van der Waals surface area (Å²) in [5.41, 5.74) is 0.785. The van der Waals surface area contributed by atoms with E-state index >= 15 is 0 Å². The summed E-state index contributed by atoms with van der Waals surface area (Å²) in [6.45, 7) is 1.56. The molecule has 0 spiro atoms. The van der Waals surface area contributed by atoms with Gasteiger partial charge >= 0.3 is 5.97 Å². The van der Waals surface area contributed by atoms with Crippen LogP contribution in [0, 0.1) is 12.0 Å². The van der Waals surface area contributed by atoms with E-state index in [0.29, 0.717) is 5.82 Å². The molecule has 0 aliphatic rings. The highest BCUT2D eigenvalue weighted by atomic mass is 35.5. The Hall–Kier alpha value is -2.38. The summed E-state index contributed by atoms with van der Waals surface area (Å²) >= 11 is 5.88. The average Bonchev–Trinajstić information content (AvgIpc) is 2.46. The number of carbonyl (C=O) groups is 1. The maximum absolute atomic E-state index is 11.7. The molecule has 94 valence electrons. The fraction of sp³-hybridized carbons (Fsp3) is 0.0714. The Balaban J connectivity index is 2.39. The Morgan fingerprint density at radius 2 is 2.05 bits per heavy atom. The van der Waals surface area contributed by atoms with Crippen LogP contribution in [0.5, 0.6) is 0 Å². The predicted molar refractivity (Wildman–Crippen MR) is 71.3 cm³/mol. The van der Waals surface area contributed by atoms with Gasteiger partial charge < -0.3 is 4.74 Å². The third-order valence-electron chi connectivity index (χ3n) is 2.22. The minimum Gasteiger partial charge on any atom is -0.367 e. The minimum absolute atomic E-state index is 0.00160. The van der Waals surface area contributed by atoms with E-state index in [0.717, 1.165) is 5.56 Å². The molecule has 0 atom stereocenters. The predicted octanol–water partition coefficient (Wildman–Crippen LogP) is 2.93. The zero-order valence-electron chi connectivity index (χ0n) is 10.1. The smallest absolute Gasteiger partial charge is 0.367 e. The van der Waals surface area contributed by atoms with E-state index in [9.17, 15) is 4.79 Å². The molecule has 0 fully saturated rings. The molecule has 1 aromatic heterocycles. The first kappa shape index (κ1) is 13.1. The van der Waals surface area contributed by atoms with Gasteiger partial charge in [0.15, 0.2) is 11.5 Å². The molecule has 0 radical (unpaired) electrons. The molecule has 19 heavy (non-hydrogen) atoms. The molecular weight excluding hydrogens is 264 g/mol. The van der Waals surface area contributed by atoms with E-state index in [1.807, 2.05) is 30.3 Å². The summed E-state index contributed by atoms with van der Waals surface area (Å²) in [5, 5.41) is 0.127. The van der Waals surface area contributed by atoms with Crippen molar-refractivity contribution < 1.29 is 9.53 Å². The summed E-state index contributed by atoms with van der Waals surface area (Å²) in [6.07, 6.45) is 3.58. The van der Waals surface area contributed by atoms with Gasteiger partial charge in [0, 0.05) is 12.5 Å². The molecule has 0 saturated carbocycles. The molecule has 4 nitrogen and oxygen atoms in total. The van der Waals surface area contributed by atoms with Gasteiger partial charge in [0.25, 0.3) is 0 Å². The third kappa shape index (κ3) is 3.09. The van der Waals surface area contributed by atoms with Crippen molar-refractivity contribution in [2.24, 2.45) is 0 Å². The second-order valence-corrected chi connectivity index (χ2v) is 3.90. The summed E-state index contributed by atoms with van der Waals surface area (Å²) in [7, 11) is 0. The first-order chi connectivity index (χ1) is 9.22. The Bertz CT molecular complexity index is 660. The maximum Gasteiger partial charge on any atom is 0.372 e. The Morgan fingerprint density at radius 1 is 1.32 bits per heavy atom. The lowest BCUT2D eigenvalue weighted by Gasteiger charge is -2.03. The molecule has 1 aromatic carbocycles. The largest absolute Gasteiger partial charge is 0.372 e. The van der Waals surface area contributed by atoms with Crippen molar-refractivity contribution in [3.63, 3.8) is 0 Å². The zero-order chi connectivity index (χ0) is 13.7. The number of halogens is 1. The van der Waals surface area contributed by atoms with Crippen LogP contribution in [0.3, 0.4) is 0 Å². The number of carbonyl (C=O) groups excluding carboxylic acids is 1. The Labute approximate surface area is 115 Å². The summed E-state index contributed by atoms with van der Waals surface area (Å²) in [5.74, 6) is 2.16. The molecule has 0 N–H and O–H groups in total. The third-order valence-corrected chi connectivity index (χ3v) is 2.49. The summed E-state index contributed by atoms with van der Waals surface area (Å²) in [4.78, 5) is 19.9. The number of benzene rings is 1. The van der Waals surface area contributed by atoms with Crippen molar-refractivity contribution >= 4 is 17.6 Å². The zero-order valence-corrected chi connectivity index (χ0v) is 10.8. The number of aromatic nitrogens is 2. The van der Waals surface area contributed by atoms with Crippen LogP contribution in [0.4, 0.5) is 0 Å². The molecule has 5 heteroatoms. The van der Waals surface area contributed by atoms with E-state index in [1.165, 1.54) is 6.20 Å². The molecule has 1 heterocycles. The van der Waals surface area contributed by atoms with Crippen LogP contribution >= 0.6 is 11.6 Å². The average molecular weight is 273 g/mol. The fourth-order valence-corrected chi connectivity index (χ4v) is 1.55.